The lowest BCUT2D eigenvalue weighted by atomic mass is 9.82. The van der Waals surface area contributed by atoms with Crippen LogP contribution in [0.2, 0.25) is 0 Å². The zero-order chi connectivity index (χ0) is 43.3. The maximum Gasteiger partial charge on any atom is 0.143 e. The fourth-order valence-corrected chi connectivity index (χ4v) is 10.9. The third-order valence-corrected chi connectivity index (χ3v) is 13.8. The Morgan fingerprint density at radius 1 is 0.212 bits per heavy atom. The standard InChI is InChI=1S/C64H38O2/c1-3-17-39(18-4-1)41-31-33-54-57(36-41)65-59-38-43(42-32-34-55-58(37-42)66-64-53-30-16-9-23-46(53)45-22-8-11-25-48(45)63(55)64)35-56(62(54)59)61-51-28-14-12-26-49(51)60(50-27-13-15-29-52(50)61)47-24-10-7-21-44(47)40-19-5-2-6-20-40/h1-38H. The summed E-state index contributed by atoms with van der Waals surface area (Å²) < 4.78 is 14.0. The van der Waals surface area contributed by atoms with E-state index in [4.69, 9.17) is 8.83 Å². The minimum absolute atomic E-state index is 0.844. The molecule has 0 fully saturated rings. The second-order valence-electron chi connectivity index (χ2n) is 17.4. The first-order chi connectivity index (χ1) is 32.7. The number of fused-ring (bicyclic) bond motifs is 13. The van der Waals surface area contributed by atoms with Gasteiger partial charge in [-0.15, -0.1) is 0 Å². The van der Waals surface area contributed by atoms with Crippen LogP contribution in [-0.2, 0) is 0 Å². The molecule has 0 bridgehead atoms. The van der Waals surface area contributed by atoms with Crippen LogP contribution in [0.3, 0.4) is 0 Å². The van der Waals surface area contributed by atoms with Crippen molar-refractivity contribution >= 4 is 87.0 Å². The Kier molecular flexibility index (Phi) is 8.02. The van der Waals surface area contributed by atoms with Gasteiger partial charge in [-0.25, -0.2) is 0 Å². The predicted octanol–water partition coefficient (Wildman–Crippen LogP) is 18.4. The van der Waals surface area contributed by atoms with Crippen molar-refractivity contribution in [1.29, 1.82) is 0 Å². The van der Waals surface area contributed by atoms with E-state index in [2.05, 4.69) is 231 Å². The van der Waals surface area contributed by atoms with Crippen molar-refractivity contribution in [2.24, 2.45) is 0 Å². The highest BCUT2D eigenvalue weighted by Crippen LogP contribution is 2.50. The van der Waals surface area contributed by atoms with Crippen LogP contribution in [-0.4, -0.2) is 0 Å². The van der Waals surface area contributed by atoms with Crippen LogP contribution < -0.4 is 0 Å². The maximum absolute atomic E-state index is 7.03. The average molecular weight is 839 g/mol. The van der Waals surface area contributed by atoms with E-state index in [0.29, 0.717) is 0 Å². The van der Waals surface area contributed by atoms with Crippen LogP contribution in [0.1, 0.15) is 0 Å². The lowest BCUT2D eigenvalue weighted by Gasteiger charge is -2.20. The summed E-state index contributed by atoms with van der Waals surface area (Å²) >= 11 is 0. The van der Waals surface area contributed by atoms with Gasteiger partial charge >= 0.3 is 0 Å². The Hall–Kier alpha value is -8.72. The van der Waals surface area contributed by atoms with Crippen LogP contribution in [0, 0.1) is 0 Å². The van der Waals surface area contributed by atoms with E-state index in [0.717, 1.165) is 77.1 Å². The summed E-state index contributed by atoms with van der Waals surface area (Å²) in [5.41, 5.74) is 15.1. The van der Waals surface area contributed by atoms with Gasteiger partial charge in [0.25, 0.3) is 0 Å². The fraction of sp³-hybridized carbons (Fsp3) is 0. The minimum Gasteiger partial charge on any atom is -0.456 e. The molecule has 0 unspecified atom stereocenters. The largest absolute Gasteiger partial charge is 0.456 e. The van der Waals surface area contributed by atoms with Crippen LogP contribution in [0.15, 0.2) is 239 Å². The SMILES string of the molecule is c1ccc(-c2ccc3c(c2)oc2cc(-c4ccc5c(c4)oc4c6ccccc6c6ccccc6c54)cc(-c4c5ccccc5c(-c5ccccc5-c5ccccc5)c5ccccc45)c23)cc1. The summed E-state index contributed by atoms with van der Waals surface area (Å²) in [6, 6.07) is 83.3. The zero-order valence-corrected chi connectivity index (χ0v) is 35.8. The predicted molar refractivity (Wildman–Crippen MR) is 278 cm³/mol. The molecule has 2 aromatic heterocycles. The van der Waals surface area contributed by atoms with Gasteiger partial charge in [-0.3, -0.25) is 0 Å². The first-order valence-corrected chi connectivity index (χ1v) is 22.7. The molecule has 306 valence electrons. The van der Waals surface area contributed by atoms with Crippen molar-refractivity contribution in [3.8, 4) is 55.6 Å². The van der Waals surface area contributed by atoms with Crippen LogP contribution >= 0.6 is 0 Å². The molecular weight excluding hydrogens is 801 g/mol. The van der Waals surface area contributed by atoms with E-state index in [1.54, 1.807) is 0 Å². The lowest BCUT2D eigenvalue weighted by Crippen LogP contribution is -1.93. The monoisotopic (exact) mass is 838 g/mol. The molecular formula is C64H38O2. The molecule has 0 aliphatic carbocycles. The van der Waals surface area contributed by atoms with Gasteiger partial charge in [-0.05, 0) is 130 Å². The molecule has 0 N–H and O–H groups in total. The van der Waals surface area contributed by atoms with E-state index in [1.807, 2.05) is 0 Å². The highest BCUT2D eigenvalue weighted by molar-refractivity contribution is 6.31. The van der Waals surface area contributed by atoms with Crippen molar-refractivity contribution in [2.75, 3.05) is 0 Å². The summed E-state index contributed by atoms with van der Waals surface area (Å²) in [7, 11) is 0. The number of hydrogen-bond donors (Lipinski definition) is 0. The van der Waals surface area contributed by atoms with Gasteiger partial charge in [0, 0.05) is 26.9 Å². The molecule has 0 aliphatic heterocycles. The molecule has 0 spiro atoms. The summed E-state index contributed by atoms with van der Waals surface area (Å²) in [6.07, 6.45) is 0. The molecule has 2 heteroatoms. The molecule has 0 saturated heterocycles. The maximum atomic E-state index is 7.03. The second-order valence-corrected chi connectivity index (χ2v) is 17.4. The number of hydrogen-bond acceptors (Lipinski definition) is 2. The average Bonchev–Trinajstić information content (AvgIpc) is 3.97. The van der Waals surface area contributed by atoms with Gasteiger partial charge in [0.2, 0.25) is 0 Å². The Bertz CT molecular complexity index is 4210. The van der Waals surface area contributed by atoms with Crippen LogP contribution in [0.25, 0.3) is 143 Å². The molecule has 0 amide bonds. The smallest absolute Gasteiger partial charge is 0.143 e. The van der Waals surface area contributed by atoms with Gasteiger partial charge in [0.15, 0.2) is 0 Å². The topological polar surface area (TPSA) is 26.3 Å². The first kappa shape index (κ1) is 36.7. The number of rotatable bonds is 5. The fourth-order valence-electron chi connectivity index (χ4n) is 10.9. The van der Waals surface area contributed by atoms with Crippen molar-refractivity contribution in [3.05, 3.63) is 231 Å². The Morgan fingerprint density at radius 2 is 0.652 bits per heavy atom. The summed E-state index contributed by atoms with van der Waals surface area (Å²) in [5, 5.41) is 14.0. The normalized spacial score (nSPS) is 11.9. The third-order valence-electron chi connectivity index (χ3n) is 13.8. The molecule has 0 radical (unpaired) electrons. The second kappa shape index (κ2) is 14.4. The Morgan fingerprint density at radius 3 is 1.29 bits per heavy atom. The summed E-state index contributed by atoms with van der Waals surface area (Å²) in [4.78, 5) is 0. The molecule has 14 rings (SSSR count). The highest BCUT2D eigenvalue weighted by Gasteiger charge is 2.24. The highest BCUT2D eigenvalue weighted by atomic mass is 16.3. The van der Waals surface area contributed by atoms with E-state index in [-0.39, 0.29) is 0 Å². The molecule has 12 aromatic carbocycles. The lowest BCUT2D eigenvalue weighted by molar-refractivity contribution is 0.669. The van der Waals surface area contributed by atoms with Crippen molar-refractivity contribution < 1.29 is 8.83 Å². The Labute approximate surface area is 380 Å². The van der Waals surface area contributed by atoms with E-state index < -0.39 is 0 Å². The molecule has 2 heterocycles. The number of benzene rings is 12. The van der Waals surface area contributed by atoms with Crippen molar-refractivity contribution in [2.45, 2.75) is 0 Å². The molecule has 2 nitrogen and oxygen atoms in total. The van der Waals surface area contributed by atoms with E-state index >= 15 is 0 Å². The van der Waals surface area contributed by atoms with Crippen LogP contribution in [0.4, 0.5) is 0 Å². The van der Waals surface area contributed by atoms with Gasteiger partial charge in [0.05, 0.1) is 0 Å². The van der Waals surface area contributed by atoms with E-state index in [9.17, 15) is 0 Å². The zero-order valence-electron chi connectivity index (χ0n) is 35.8. The van der Waals surface area contributed by atoms with Gasteiger partial charge in [-0.2, -0.15) is 0 Å². The Balaban J connectivity index is 1.07. The van der Waals surface area contributed by atoms with Gasteiger partial charge in [-0.1, -0.05) is 194 Å². The molecule has 0 saturated carbocycles. The first-order valence-electron chi connectivity index (χ1n) is 22.7. The van der Waals surface area contributed by atoms with Crippen molar-refractivity contribution in [1.82, 2.24) is 0 Å². The number of furan rings is 2. The van der Waals surface area contributed by atoms with Crippen LogP contribution in [0.5, 0.6) is 0 Å². The van der Waals surface area contributed by atoms with Gasteiger partial charge < -0.3 is 8.83 Å². The van der Waals surface area contributed by atoms with Crippen molar-refractivity contribution in [3.63, 3.8) is 0 Å². The quantitative estimate of drug-likeness (QED) is 0.127. The molecule has 0 atom stereocenters. The van der Waals surface area contributed by atoms with Gasteiger partial charge in [0.1, 0.15) is 22.3 Å². The van der Waals surface area contributed by atoms with E-state index in [1.165, 1.54) is 65.5 Å². The summed E-state index contributed by atoms with van der Waals surface area (Å²) in [6.45, 7) is 0. The molecule has 14 aromatic rings. The molecule has 0 aliphatic rings. The summed E-state index contributed by atoms with van der Waals surface area (Å²) in [5.74, 6) is 0. The third kappa shape index (κ3) is 5.49. The minimum atomic E-state index is 0.844. The molecule has 66 heavy (non-hydrogen) atoms.